The zero-order valence-electron chi connectivity index (χ0n) is 15.6. The fourth-order valence-corrected chi connectivity index (χ4v) is 2.13. The Kier molecular flexibility index (Phi) is 13.1. The van der Waals surface area contributed by atoms with Gasteiger partial charge in [-0.3, -0.25) is 9.79 Å². The standard InChI is InChI=1S/C18H30N4O2.HI/c1-5-24-10-9-20-18(19-4)21-13-15-7-6-8-16(12-15)22-17(23)11-14(2)3;/h6-8,12,14H,5,9-11,13H2,1-4H3,(H,22,23)(H2,19,20,21);1H. The molecule has 0 heterocycles. The molecule has 0 unspecified atom stereocenters. The minimum atomic E-state index is 0. The number of guanidine groups is 1. The normalized spacial score (nSPS) is 11.0. The summed E-state index contributed by atoms with van der Waals surface area (Å²) in [5.74, 6) is 1.12. The number of aliphatic imine (C=N–C) groups is 1. The van der Waals surface area contributed by atoms with E-state index >= 15 is 0 Å². The van der Waals surface area contributed by atoms with E-state index in [4.69, 9.17) is 4.74 Å². The molecule has 0 aliphatic rings. The van der Waals surface area contributed by atoms with E-state index in [0.29, 0.717) is 38.6 Å². The molecule has 0 radical (unpaired) electrons. The van der Waals surface area contributed by atoms with Gasteiger partial charge in [-0.25, -0.2) is 0 Å². The molecule has 1 aromatic carbocycles. The average Bonchev–Trinajstić information content (AvgIpc) is 2.53. The summed E-state index contributed by atoms with van der Waals surface area (Å²) in [7, 11) is 1.73. The Morgan fingerprint density at radius 1 is 1.28 bits per heavy atom. The number of ether oxygens (including phenoxy) is 1. The first-order valence-electron chi connectivity index (χ1n) is 8.46. The Bertz CT molecular complexity index is 536. The number of amides is 1. The van der Waals surface area contributed by atoms with Crippen molar-refractivity contribution in [3.05, 3.63) is 29.8 Å². The minimum Gasteiger partial charge on any atom is -0.380 e. The van der Waals surface area contributed by atoms with E-state index < -0.39 is 0 Å². The van der Waals surface area contributed by atoms with Crippen LogP contribution in [0.5, 0.6) is 0 Å². The van der Waals surface area contributed by atoms with Crippen molar-refractivity contribution in [3.8, 4) is 0 Å². The van der Waals surface area contributed by atoms with Crippen LogP contribution >= 0.6 is 24.0 Å². The number of nitrogens with one attached hydrogen (secondary N) is 3. The van der Waals surface area contributed by atoms with Crippen molar-refractivity contribution < 1.29 is 9.53 Å². The Labute approximate surface area is 168 Å². The van der Waals surface area contributed by atoms with Gasteiger partial charge in [0.25, 0.3) is 0 Å². The van der Waals surface area contributed by atoms with Crippen LogP contribution < -0.4 is 16.0 Å². The zero-order chi connectivity index (χ0) is 17.8. The van der Waals surface area contributed by atoms with Crippen LogP contribution in [0.3, 0.4) is 0 Å². The van der Waals surface area contributed by atoms with Crippen LogP contribution in [0.15, 0.2) is 29.3 Å². The molecule has 7 heteroatoms. The Balaban J connectivity index is 0.00000576. The number of nitrogens with zero attached hydrogens (tertiary/aromatic N) is 1. The van der Waals surface area contributed by atoms with Gasteiger partial charge in [0.2, 0.25) is 5.91 Å². The van der Waals surface area contributed by atoms with Crippen LogP contribution in [-0.2, 0) is 16.1 Å². The summed E-state index contributed by atoms with van der Waals surface area (Å²) < 4.78 is 5.29. The molecule has 142 valence electrons. The van der Waals surface area contributed by atoms with Gasteiger partial charge < -0.3 is 20.7 Å². The highest BCUT2D eigenvalue weighted by molar-refractivity contribution is 14.0. The molecule has 0 fully saturated rings. The highest BCUT2D eigenvalue weighted by atomic mass is 127. The average molecular weight is 462 g/mol. The first kappa shape index (κ1) is 23.6. The Hall–Kier alpha value is -1.35. The number of benzene rings is 1. The SMILES string of the molecule is CCOCCNC(=NC)NCc1cccc(NC(=O)CC(C)C)c1.I. The van der Waals surface area contributed by atoms with Gasteiger partial charge in [0.05, 0.1) is 6.61 Å². The third kappa shape index (κ3) is 11.0. The van der Waals surface area contributed by atoms with Gasteiger partial charge in [-0.15, -0.1) is 24.0 Å². The largest absolute Gasteiger partial charge is 0.380 e. The van der Waals surface area contributed by atoms with Gasteiger partial charge >= 0.3 is 0 Å². The second kappa shape index (κ2) is 13.9. The molecule has 0 saturated heterocycles. The summed E-state index contributed by atoms with van der Waals surface area (Å²) in [5, 5.41) is 9.37. The third-order valence-corrected chi connectivity index (χ3v) is 3.23. The quantitative estimate of drug-likeness (QED) is 0.228. The van der Waals surface area contributed by atoms with E-state index in [0.717, 1.165) is 17.2 Å². The van der Waals surface area contributed by atoms with Crippen molar-refractivity contribution in [1.82, 2.24) is 10.6 Å². The number of carbonyl (C=O) groups excluding carboxylic acids is 1. The summed E-state index contributed by atoms with van der Waals surface area (Å²) in [4.78, 5) is 16.0. The molecule has 0 aliphatic heterocycles. The number of rotatable bonds is 9. The van der Waals surface area contributed by atoms with E-state index in [-0.39, 0.29) is 29.9 Å². The summed E-state index contributed by atoms with van der Waals surface area (Å²) in [6, 6.07) is 7.82. The highest BCUT2D eigenvalue weighted by Crippen LogP contribution is 2.12. The molecular formula is C18H31IN4O2. The molecule has 0 spiro atoms. The number of anilines is 1. The monoisotopic (exact) mass is 462 g/mol. The minimum absolute atomic E-state index is 0. The van der Waals surface area contributed by atoms with Crippen LogP contribution in [0.1, 0.15) is 32.8 Å². The van der Waals surface area contributed by atoms with Gasteiger partial charge in [-0.05, 0) is 30.5 Å². The predicted octanol–water partition coefficient (Wildman–Crippen LogP) is 2.99. The van der Waals surface area contributed by atoms with E-state index in [1.54, 1.807) is 7.05 Å². The molecular weight excluding hydrogens is 431 g/mol. The van der Waals surface area contributed by atoms with Crippen molar-refractivity contribution in [3.63, 3.8) is 0 Å². The number of carbonyl (C=O) groups is 1. The fraction of sp³-hybridized carbons (Fsp3) is 0.556. The molecule has 0 saturated carbocycles. The van der Waals surface area contributed by atoms with Crippen molar-refractivity contribution in [1.29, 1.82) is 0 Å². The van der Waals surface area contributed by atoms with Crippen LogP contribution in [0.25, 0.3) is 0 Å². The second-order valence-electron chi connectivity index (χ2n) is 5.90. The van der Waals surface area contributed by atoms with Gasteiger partial charge in [0.15, 0.2) is 5.96 Å². The number of hydrogen-bond acceptors (Lipinski definition) is 3. The summed E-state index contributed by atoms with van der Waals surface area (Å²) >= 11 is 0. The van der Waals surface area contributed by atoms with Gasteiger partial charge in [-0.1, -0.05) is 26.0 Å². The maximum absolute atomic E-state index is 11.9. The van der Waals surface area contributed by atoms with Gasteiger partial charge in [-0.2, -0.15) is 0 Å². The van der Waals surface area contributed by atoms with Crippen LogP contribution in [0.2, 0.25) is 0 Å². The highest BCUT2D eigenvalue weighted by Gasteiger charge is 2.06. The summed E-state index contributed by atoms with van der Waals surface area (Å²) in [5.41, 5.74) is 1.89. The lowest BCUT2D eigenvalue weighted by atomic mass is 10.1. The van der Waals surface area contributed by atoms with Crippen molar-refractivity contribution in [2.75, 3.05) is 32.1 Å². The lowest BCUT2D eigenvalue weighted by molar-refractivity contribution is -0.116. The Morgan fingerprint density at radius 2 is 2.04 bits per heavy atom. The van der Waals surface area contributed by atoms with Gasteiger partial charge in [0.1, 0.15) is 0 Å². The van der Waals surface area contributed by atoms with Crippen LogP contribution in [0.4, 0.5) is 5.69 Å². The number of hydrogen-bond donors (Lipinski definition) is 3. The first-order valence-corrected chi connectivity index (χ1v) is 8.46. The topological polar surface area (TPSA) is 74.8 Å². The molecule has 1 amide bonds. The molecule has 25 heavy (non-hydrogen) atoms. The molecule has 0 bridgehead atoms. The zero-order valence-corrected chi connectivity index (χ0v) is 17.9. The number of halogens is 1. The molecule has 1 rings (SSSR count). The van der Waals surface area contributed by atoms with Crippen LogP contribution in [0, 0.1) is 5.92 Å². The fourth-order valence-electron chi connectivity index (χ4n) is 2.13. The lowest BCUT2D eigenvalue weighted by Gasteiger charge is -2.13. The summed E-state index contributed by atoms with van der Waals surface area (Å²) in [6.45, 7) is 8.73. The first-order chi connectivity index (χ1) is 11.5. The predicted molar refractivity (Wildman–Crippen MR) is 115 cm³/mol. The van der Waals surface area contributed by atoms with E-state index in [2.05, 4.69) is 20.9 Å². The van der Waals surface area contributed by atoms with Gasteiger partial charge in [0, 0.05) is 38.9 Å². The van der Waals surface area contributed by atoms with E-state index in [9.17, 15) is 4.79 Å². The lowest BCUT2D eigenvalue weighted by Crippen LogP contribution is -2.38. The van der Waals surface area contributed by atoms with Crippen molar-refractivity contribution in [2.24, 2.45) is 10.9 Å². The maximum atomic E-state index is 11.9. The second-order valence-corrected chi connectivity index (χ2v) is 5.90. The maximum Gasteiger partial charge on any atom is 0.224 e. The Morgan fingerprint density at radius 3 is 2.68 bits per heavy atom. The van der Waals surface area contributed by atoms with Crippen molar-refractivity contribution in [2.45, 2.75) is 33.7 Å². The molecule has 0 aromatic heterocycles. The molecule has 6 nitrogen and oxygen atoms in total. The molecule has 3 N–H and O–H groups in total. The third-order valence-electron chi connectivity index (χ3n) is 3.23. The molecule has 0 atom stereocenters. The summed E-state index contributed by atoms with van der Waals surface area (Å²) in [6.07, 6.45) is 0.527. The van der Waals surface area contributed by atoms with Crippen molar-refractivity contribution >= 4 is 41.5 Å². The van der Waals surface area contributed by atoms with E-state index in [1.807, 2.05) is 45.0 Å². The van der Waals surface area contributed by atoms with Crippen LogP contribution in [-0.4, -0.2) is 38.7 Å². The molecule has 0 aliphatic carbocycles. The van der Waals surface area contributed by atoms with E-state index in [1.165, 1.54) is 0 Å². The smallest absolute Gasteiger partial charge is 0.224 e. The molecule has 1 aromatic rings.